The van der Waals surface area contributed by atoms with E-state index in [1.807, 2.05) is 0 Å². The molecule has 0 spiro atoms. The molecule has 182 valence electrons. The van der Waals surface area contributed by atoms with Crippen molar-refractivity contribution < 1.29 is 33.6 Å². The summed E-state index contributed by atoms with van der Waals surface area (Å²) in [5, 5.41) is 13.1. The van der Waals surface area contributed by atoms with Crippen molar-refractivity contribution in [2.45, 2.75) is 18.6 Å². The zero-order chi connectivity index (χ0) is 24.4. The van der Waals surface area contributed by atoms with Gasteiger partial charge in [0.25, 0.3) is 0 Å². The van der Waals surface area contributed by atoms with Gasteiger partial charge in [-0.1, -0.05) is 0 Å². The van der Waals surface area contributed by atoms with E-state index in [4.69, 9.17) is 18.9 Å². The van der Waals surface area contributed by atoms with Crippen molar-refractivity contribution in [1.29, 1.82) is 0 Å². The van der Waals surface area contributed by atoms with Crippen LogP contribution in [0.3, 0.4) is 0 Å². The highest BCUT2D eigenvalue weighted by Crippen LogP contribution is 2.35. The molecule has 1 fully saturated rings. The Bertz CT molecular complexity index is 1270. The van der Waals surface area contributed by atoms with Crippen molar-refractivity contribution in [2.75, 3.05) is 38.3 Å². The zero-order valence-corrected chi connectivity index (χ0v) is 19.0. The number of aromatic nitrogens is 2. The summed E-state index contributed by atoms with van der Waals surface area (Å²) in [7, 11) is 1.51. The normalized spacial score (nSPS) is 17.7. The van der Waals surface area contributed by atoms with E-state index in [0.29, 0.717) is 52.9 Å². The Morgan fingerprint density at radius 2 is 2.06 bits per heavy atom. The minimum atomic E-state index is -1.32. The molecule has 11 nitrogen and oxygen atoms in total. The topological polar surface area (TPSA) is 132 Å². The highest BCUT2D eigenvalue weighted by Gasteiger charge is 2.33. The largest absolute Gasteiger partial charge is 0.486 e. The maximum Gasteiger partial charge on any atom is 0.414 e. The van der Waals surface area contributed by atoms with Crippen molar-refractivity contribution in [1.82, 2.24) is 15.3 Å². The van der Waals surface area contributed by atoms with Crippen LogP contribution < -0.4 is 24.4 Å². The molecule has 2 atom stereocenters. The van der Waals surface area contributed by atoms with Crippen molar-refractivity contribution in [3.63, 3.8) is 0 Å². The number of hydrogen-bond acceptors (Lipinski definition) is 9. The number of carbonyl (C=O) groups excluding carboxylic acids is 2. The Hall–Kier alpha value is -4.12. The van der Waals surface area contributed by atoms with Gasteiger partial charge in [-0.2, -0.15) is 0 Å². The van der Waals surface area contributed by atoms with Crippen molar-refractivity contribution in [3.05, 3.63) is 48.2 Å². The molecule has 0 aliphatic carbocycles. The van der Waals surface area contributed by atoms with Crippen LogP contribution in [0.4, 0.5) is 10.5 Å². The van der Waals surface area contributed by atoms with E-state index in [9.17, 15) is 14.7 Å². The van der Waals surface area contributed by atoms with Gasteiger partial charge in [0.2, 0.25) is 11.8 Å². The molecule has 3 aromatic rings. The second kappa shape index (κ2) is 9.63. The van der Waals surface area contributed by atoms with Crippen molar-refractivity contribution in [3.8, 4) is 17.4 Å². The molecule has 1 saturated heterocycles. The summed E-state index contributed by atoms with van der Waals surface area (Å²) >= 11 is 0. The first kappa shape index (κ1) is 22.7. The van der Waals surface area contributed by atoms with Gasteiger partial charge in [-0.05, 0) is 29.8 Å². The summed E-state index contributed by atoms with van der Waals surface area (Å²) in [6.45, 7) is 1.23. The third kappa shape index (κ3) is 4.76. The molecule has 2 aliphatic heterocycles. The summed E-state index contributed by atoms with van der Waals surface area (Å²) in [6, 6.07) is 10.4. The molecular weight excluding hydrogens is 456 g/mol. The molecule has 2 N–H and O–H groups in total. The molecule has 0 bridgehead atoms. The number of cyclic esters (lactones) is 1. The van der Waals surface area contributed by atoms with Gasteiger partial charge in [0.05, 0.1) is 36.9 Å². The van der Waals surface area contributed by atoms with Crippen LogP contribution in [-0.2, 0) is 16.0 Å². The minimum Gasteiger partial charge on any atom is -0.486 e. The van der Waals surface area contributed by atoms with Crippen LogP contribution in [0.25, 0.3) is 11.0 Å². The van der Waals surface area contributed by atoms with E-state index in [2.05, 4.69) is 15.3 Å². The fraction of sp³-hybridized carbons (Fsp3) is 0.333. The van der Waals surface area contributed by atoms with Crippen LogP contribution in [0.2, 0.25) is 0 Å². The lowest BCUT2D eigenvalue weighted by atomic mass is 10.1. The predicted octanol–water partition coefficient (Wildman–Crippen LogP) is 1.45. The molecule has 2 aromatic heterocycles. The Morgan fingerprint density at radius 3 is 2.89 bits per heavy atom. The van der Waals surface area contributed by atoms with Crippen LogP contribution in [0.15, 0.2) is 42.6 Å². The maximum absolute atomic E-state index is 12.6. The second-order valence-electron chi connectivity index (χ2n) is 8.10. The van der Waals surface area contributed by atoms with Gasteiger partial charge in [0, 0.05) is 24.8 Å². The lowest BCUT2D eigenvalue weighted by molar-refractivity contribution is -0.129. The number of ether oxygens (including phenoxy) is 4. The molecule has 11 heteroatoms. The molecule has 0 radical (unpaired) electrons. The smallest absolute Gasteiger partial charge is 0.414 e. The SMILES string of the molecule is COc1ccc2nccc(CC(O)C(=O)NC[C@@H]3CN(c4ccc5c(c4)OCCO5)C(=O)O3)c2n1. The number of carbonyl (C=O) groups is 2. The summed E-state index contributed by atoms with van der Waals surface area (Å²) in [4.78, 5) is 35.0. The summed E-state index contributed by atoms with van der Waals surface area (Å²) < 4.78 is 21.6. The summed E-state index contributed by atoms with van der Waals surface area (Å²) in [5.41, 5.74) is 2.46. The zero-order valence-electron chi connectivity index (χ0n) is 19.0. The lowest BCUT2D eigenvalue weighted by Gasteiger charge is -2.21. The number of benzene rings is 1. The number of hydrogen-bond donors (Lipinski definition) is 2. The predicted molar refractivity (Wildman–Crippen MR) is 124 cm³/mol. The molecule has 1 unspecified atom stereocenters. The third-order valence-corrected chi connectivity index (χ3v) is 5.78. The van der Waals surface area contributed by atoms with Gasteiger partial charge in [-0.3, -0.25) is 14.7 Å². The highest BCUT2D eigenvalue weighted by atomic mass is 16.6. The van der Waals surface area contributed by atoms with Gasteiger partial charge in [-0.25, -0.2) is 9.78 Å². The molecule has 35 heavy (non-hydrogen) atoms. The first-order chi connectivity index (χ1) is 17.0. The van der Waals surface area contributed by atoms with Gasteiger partial charge in [0.1, 0.15) is 25.4 Å². The molecule has 4 heterocycles. The van der Waals surface area contributed by atoms with Gasteiger partial charge in [0.15, 0.2) is 11.5 Å². The number of rotatable bonds is 7. The Kier molecular flexibility index (Phi) is 6.23. The Labute approximate surface area is 200 Å². The Balaban J connectivity index is 1.18. The third-order valence-electron chi connectivity index (χ3n) is 5.78. The quantitative estimate of drug-likeness (QED) is 0.516. The van der Waals surface area contributed by atoms with Crippen molar-refractivity contribution in [2.24, 2.45) is 0 Å². The monoisotopic (exact) mass is 480 g/mol. The van der Waals surface area contributed by atoms with Crippen LogP contribution >= 0.6 is 0 Å². The fourth-order valence-corrected chi connectivity index (χ4v) is 4.01. The number of aliphatic hydroxyl groups excluding tert-OH is 1. The van der Waals surface area contributed by atoms with Crippen LogP contribution in [0.5, 0.6) is 17.4 Å². The molecule has 0 saturated carbocycles. The average Bonchev–Trinajstić information content (AvgIpc) is 3.27. The molecule has 2 aliphatic rings. The van der Waals surface area contributed by atoms with Crippen LogP contribution in [0, 0.1) is 0 Å². The molecular formula is C24H24N4O7. The number of fused-ring (bicyclic) bond motifs is 2. The minimum absolute atomic E-state index is 0.0405. The van der Waals surface area contributed by atoms with Gasteiger partial charge < -0.3 is 29.4 Å². The van der Waals surface area contributed by atoms with E-state index in [1.54, 1.807) is 42.6 Å². The molecule has 2 amide bonds. The summed E-state index contributed by atoms with van der Waals surface area (Å²) in [5.74, 6) is 1.03. The van der Waals surface area contributed by atoms with Crippen LogP contribution in [0.1, 0.15) is 5.56 Å². The average molecular weight is 480 g/mol. The number of amides is 2. The standard InChI is InChI=1S/C24H24N4O7/c1-32-21-5-3-17-22(27-21)14(6-7-25-17)10-18(29)23(30)26-12-16-13-28(24(31)35-16)15-2-4-19-20(11-15)34-9-8-33-19/h2-7,11,16,18,29H,8-10,12-13H2,1H3,(H,26,30)/t16-,18?/m1/s1. The van der Waals surface area contributed by atoms with E-state index in [1.165, 1.54) is 12.0 Å². The number of anilines is 1. The molecule has 1 aromatic carbocycles. The number of nitrogens with one attached hydrogen (secondary N) is 1. The van der Waals surface area contributed by atoms with E-state index in [-0.39, 0.29) is 19.5 Å². The number of aliphatic hydroxyl groups is 1. The van der Waals surface area contributed by atoms with E-state index < -0.39 is 24.2 Å². The van der Waals surface area contributed by atoms with Gasteiger partial charge >= 0.3 is 6.09 Å². The summed E-state index contributed by atoms with van der Waals surface area (Å²) in [6.07, 6.45) is -0.774. The van der Waals surface area contributed by atoms with Crippen LogP contribution in [-0.4, -0.2) is 72.7 Å². The fourth-order valence-electron chi connectivity index (χ4n) is 4.01. The number of methoxy groups -OCH3 is 1. The number of pyridine rings is 2. The first-order valence-electron chi connectivity index (χ1n) is 11.1. The maximum atomic E-state index is 12.6. The van der Waals surface area contributed by atoms with E-state index >= 15 is 0 Å². The lowest BCUT2D eigenvalue weighted by Crippen LogP contribution is -2.41. The molecule has 5 rings (SSSR count). The first-order valence-corrected chi connectivity index (χ1v) is 11.1. The van der Waals surface area contributed by atoms with E-state index in [0.717, 1.165) is 0 Å². The van der Waals surface area contributed by atoms with Crippen molar-refractivity contribution >= 4 is 28.7 Å². The highest BCUT2D eigenvalue weighted by molar-refractivity contribution is 5.90. The van der Waals surface area contributed by atoms with Gasteiger partial charge in [-0.15, -0.1) is 0 Å². The second-order valence-corrected chi connectivity index (χ2v) is 8.10. The Morgan fingerprint density at radius 1 is 1.23 bits per heavy atom. The number of nitrogens with zero attached hydrogens (tertiary/aromatic N) is 3.